The van der Waals surface area contributed by atoms with E-state index < -0.39 is 0 Å². The van der Waals surface area contributed by atoms with Crippen LogP contribution in [-0.2, 0) is 4.74 Å². The molecule has 0 atom stereocenters. The standard InChI is InChI=1S/C19H20N2O4/c1-24-17-9-5-4-8-16(17)20-18(22)14-6-2-3-7-15(14)19(23)21-10-12-25-13-11-21/h2-9H,10-13H2,1H3,(H,20,22). The van der Waals surface area contributed by atoms with Crippen LogP contribution < -0.4 is 10.1 Å². The van der Waals surface area contributed by atoms with Crippen molar-refractivity contribution in [2.75, 3.05) is 38.7 Å². The minimum atomic E-state index is -0.346. The number of ether oxygens (including phenoxy) is 2. The van der Waals surface area contributed by atoms with Crippen LogP contribution in [0.25, 0.3) is 0 Å². The minimum absolute atomic E-state index is 0.158. The molecule has 1 N–H and O–H groups in total. The van der Waals surface area contributed by atoms with Crippen LogP contribution in [0.3, 0.4) is 0 Å². The number of carbonyl (C=O) groups is 2. The topological polar surface area (TPSA) is 67.9 Å². The summed E-state index contributed by atoms with van der Waals surface area (Å²) in [6, 6.07) is 14.0. The van der Waals surface area contributed by atoms with E-state index in [4.69, 9.17) is 9.47 Å². The average molecular weight is 340 g/mol. The third-order valence-corrected chi connectivity index (χ3v) is 4.06. The van der Waals surface area contributed by atoms with E-state index in [0.29, 0.717) is 48.9 Å². The van der Waals surface area contributed by atoms with Crippen molar-refractivity contribution in [3.8, 4) is 5.75 Å². The van der Waals surface area contributed by atoms with Crippen molar-refractivity contribution in [2.24, 2.45) is 0 Å². The van der Waals surface area contributed by atoms with Crippen molar-refractivity contribution in [3.63, 3.8) is 0 Å². The summed E-state index contributed by atoms with van der Waals surface area (Å²) in [5.41, 5.74) is 1.28. The molecular formula is C19H20N2O4. The molecule has 0 radical (unpaired) electrons. The largest absolute Gasteiger partial charge is 0.495 e. The third-order valence-electron chi connectivity index (χ3n) is 4.06. The molecule has 1 saturated heterocycles. The molecular weight excluding hydrogens is 320 g/mol. The smallest absolute Gasteiger partial charge is 0.256 e. The molecule has 25 heavy (non-hydrogen) atoms. The summed E-state index contributed by atoms with van der Waals surface area (Å²) in [4.78, 5) is 27.2. The van der Waals surface area contributed by atoms with Crippen LogP contribution in [0.5, 0.6) is 5.75 Å². The van der Waals surface area contributed by atoms with Gasteiger partial charge in [0.05, 0.1) is 37.1 Å². The Hall–Kier alpha value is -2.86. The van der Waals surface area contributed by atoms with Crippen molar-refractivity contribution in [2.45, 2.75) is 0 Å². The van der Waals surface area contributed by atoms with Crippen LogP contribution in [0.15, 0.2) is 48.5 Å². The quantitative estimate of drug-likeness (QED) is 0.928. The molecule has 0 saturated carbocycles. The zero-order chi connectivity index (χ0) is 17.6. The lowest BCUT2D eigenvalue weighted by Crippen LogP contribution is -2.41. The van der Waals surface area contributed by atoms with Gasteiger partial charge in [0.2, 0.25) is 0 Å². The predicted molar refractivity (Wildman–Crippen MR) is 94.1 cm³/mol. The van der Waals surface area contributed by atoms with E-state index in [9.17, 15) is 9.59 Å². The molecule has 1 fully saturated rings. The fraction of sp³-hybridized carbons (Fsp3) is 0.263. The Balaban J connectivity index is 1.84. The first-order valence-corrected chi connectivity index (χ1v) is 8.11. The molecule has 130 valence electrons. The molecule has 0 aromatic heterocycles. The van der Waals surface area contributed by atoms with Gasteiger partial charge in [0.25, 0.3) is 11.8 Å². The molecule has 2 aromatic carbocycles. The van der Waals surface area contributed by atoms with Gasteiger partial charge in [-0.1, -0.05) is 24.3 Å². The first kappa shape index (κ1) is 17.0. The van der Waals surface area contributed by atoms with E-state index >= 15 is 0 Å². The van der Waals surface area contributed by atoms with Gasteiger partial charge < -0.3 is 19.7 Å². The zero-order valence-electron chi connectivity index (χ0n) is 14.0. The minimum Gasteiger partial charge on any atom is -0.495 e. The molecule has 6 nitrogen and oxygen atoms in total. The van der Waals surface area contributed by atoms with E-state index in [1.165, 1.54) is 0 Å². The highest BCUT2D eigenvalue weighted by Gasteiger charge is 2.23. The molecule has 1 heterocycles. The van der Waals surface area contributed by atoms with Gasteiger partial charge in [-0.15, -0.1) is 0 Å². The van der Waals surface area contributed by atoms with Crippen LogP contribution in [-0.4, -0.2) is 50.1 Å². The van der Waals surface area contributed by atoms with Crippen LogP contribution >= 0.6 is 0 Å². The Bertz CT molecular complexity index is 770. The monoisotopic (exact) mass is 340 g/mol. The van der Waals surface area contributed by atoms with Gasteiger partial charge in [-0.3, -0.25) is 9.59 Å². The fourth-order valence-corrected chi connectivity index (χ4v) is 2.74. The lowest BCUT2D eigenvalue weighted by Gasteiger charge is -2.27. The number of amides is 2. The lowest BCUT2D eigenvalue weighted by molar-refractivity contribution is 0.0302. The van der Waals surface area contributed by atoms with Crippen LogP contribution in [0.4, 0.5) is 5.69 Å². The zero-order valence-corrected chi connectivity index (χ0v) is 14.0. The number of hydrogen-bond donors (Lipinski definition) is 1. The van der Waals surface area contributed by atoms with Crippen LogP contribution in [0.1, 0.15) is 20.7 Å². The number of para-hydroxylation sites is 2. The summed E-state index contributed by atoms with van der Waals surface area (Å²) in [6.07, 6.45) is 0. The SMILES string of the molecule is COc1ccccc1NC(=O)c1ccccc1C(=O)N1CCOCC1. The molecule has 3 rings (SSSR count). The second kappa shape index (κ2) is 7.81. The van der Waals surface area contributed by atoms with Gasteiger partial charge in [0.1, 0.15) is 5.75 Å². The summed E-state index contributed by atoms with van der Waals surface area (Å²) in [5.74, 6) is 0.0589. The highest BCUT2D eigenvalue weighted by Crippen LogP contribution is 2.24. The Kier molecular flexibility index (Phi) is 5.30. The number of carbonyl (C=O) groups excluding carboxylic acids is 2. The van der Waals surface area contributed by atoms with E-state index in [-0.39, 0.29) is 11.8 Å². The summed E-state index contributed by atoms with van der Waals surface area (Å²) >= 11 is 0. The normalized spacial score (nSPS) is 14.0. The summed E-state index contributed by atoms with van der Waals surface area (Å²) in [5, 5.41) is 2.82. The van der Waals surface area contributed by atoms with Crippen molar-refractivity contribution < 1.29 is 19.1 Å². The van der Waals surface area contributed by atoms with E-state index in [1.807, 2.05) is 12.1 Å². The van der Waals surface area contributed by atoms with Crippen molar-refractivity contribution >= 4 is 17.5 Å². The van der Waals surface area contributed by atoms with Crippen LogP contribution in [0.2, 0.25) is 0 Å². The number of nitrogens with zero attached hydrogens (tertiary/aromatic N) is 1. The molecule has 6 heteroatoms. The third kappa shape index (κ3) is 3.80. The maximum absolute atomic E-state index is 12.8. The second-order valence-electron chi connectivity index (χ2n) is 5.60. The number of anilines is 1. The van der Waals surface area contributed by atoms with Crippen molar-refractivity contribution in [1.82, 2.24) is 4.90 Å². The number of nitrogens with one attached hydrogen (secondary N) is 1. The number of methoxy groups -OCH3 is 1. The van der Waals surface area contributed by atoms with E-state index in [0.717, 1.165) is 0 Å². The molecule has 2 amide bonds. The summed E-state index contributed by atoms with van der Waals surface area (Å²) < 4.78 is 10.5. The lowest BCUT2D eigenvalue weighted by atomic mass is 10.0. The number of rotatable bonds is 4. The average Bonchev–Trinajstić information content (AvgIpc) is 2.68. The second-order valence-corrected chi connectivity index (χ2v) is 5.60. The van der Waals surface area contributed by atoms with Gasteiger partial charge in [0.15, 0.2) is 0 Å². The maximum Gasteiger partial charge on any atom is 0.256 e. The summed E-state index contributed by atoms with van der Waals surface area (Å²) in [6.45, 7) is 2.09. The van der Waals surface area contributed by atoms with Crippen molar-refractivity contribution in [1.29, 1.82) is 0 Å². The molecule has 0 aliphatic carbocycles. The van der Waals surface area contributed by atoms with E-state index in [2.05, 4.69) is 5.32 Å². The van der Waals surface area contributed by atoms with Gasteiger partial charge in [0, 0.05) is 13.1 Å². The maximum atomic E-state index is 12.8. The Morgan fingerprint density at radius 1 is 1.00 bits per heavy atom. The molecule has 0 unspecified atom stereocenters. The van der Waals surface area contributed by atoms with Gasteiger partial charge in [-0.05, 0) is 24.3 Å². The van der Waals surface area contributed by atoms with Gasteiger partial charge >= 0.3 is 0 Å². The number of hydrogen-bond acceptors (Lipinski definition) is 4. The highest BCUT2D eigenvalue weighted by atomic mass is 16.5. The highest BCUT2D eigenvalue weighted by molar-refractivity contribution is 6.12. The number of benzene rings is 2. The molecule has 1 aliphatic rings. The molecule has 2 aromatic rings. The fourth-order valence-electron chi connectivity index (χ4n) is 2.74. The first-order valence-electron chi connectivity index (χ1n) is 8.11. The van der Waals surface area contributed by atoms with Crippen molar-refractivity contribution in [3.05, 3.63) is 59.7 Å². The van der Waals surface area contributed by atoms with Gasteiger partial charge in [-0.25, -0.2) is 0 Å². The molecule has 1 aliphatic heterocycles. The first-order chi connectivity index (χ1) is 12.2. The Morgan fingerprint density at radius 3 is 2.36 bits per heavy atom. The Labute approximate surface area is 146 Å². The number of morpholine rings is 1. The molecule has 0 spiro atoms. The van der Waals surface area contributed by atoms with Gasteiger partial charge in [-0.2, -0.15) is 0 Å². The predicted octanol–water partition coefficient (Wildman–Crippen LogP) is 2.42. The van der Waals surface area contributed by atoms with Crippen LogP contribution in [0, 0.1) is 0 Å². The van der Waals surface area contributed by atoms with E-state index in [1.54, 1.807) is 48.4 Å². The molecule has 0 bridgehead atoms. The Morgan fingerprint density at radius 2 is 1.64 bits per heavy atom. The summed E-state index contributed by atoms with van der Waals surface area (Å²) in [7, 11) is 1.54.